The predicted octanol–water partition coefficient (Wildman–Crippen LogP) is 5.40. The van der Waals surface area contributed by atoms with Gasteiger partial charge in [-0.05, 0) is 60.7 Å². The zero-order valence-corrected chi connectivity index (χ0v) is 33.0. The van der Waals surface area contributed by atoms with E-state index in [9.17, 15) is 8.42 Å². The molecule has 0 radical (unpaired) electrons. The second-order valence-corrected chi connectivity index (χ2v) is 16.6. The van der Waals surface area contributed by atoms with E-state index in [4.69, 9.17) is 23.7 Å². The Kier molecular flexibility index (Phi) is 13.8. The normalized spacial score (nSPS) is 19.9. The molecule has 5 atom stereocenters. The van der Waals surface area contributed by atoms with Crippen molar-refractivity contribution in [2.75, 3.05) is 65.2 Å². The number of aryl methyl sites for hydroxylation is 2. The van der Waals surface area contributed by atoms with Crippen molar-refractivity contribution in [2.24, 2.45) is 13.0 Å². The molecule has 1 N–H and O–H groups in total. The first-order valence-corrected chi connectivity index (χ1v) is 20.4. The lowest BCUT2D eigenvalue weighted by molar-refractivity contribution is -0.00623. The van der Waals surface area contributed by atoms with Crippen molar-refractivity contribution in [1.82, 2.24) is 20.1 Å². The highest BCUT2D eigenvalue weighted by Gasteiger charge is 2.39. The van der Waals surface area contributed by atoms with Gasteiger partial charge in [0.1, 0.15) is 24.5 Å². The van der Waals surface area contributed by atoms with Gasteiger partial charge in [0.25, 0.3) is 0 Å². The molecule has 4 aromatic rings. The molecule has 1 unspecified atom stereocenters. The third-order valence-corrected chi connectivity index (χ3v) is 12.2. The lowest BCUT2D eigenvalue weighted by Crippen LogP contribution is -2.49. The number of anilines is 1. The first kappa shape index (κ1) is 39.8. The molecular weight excluding hydrogens is 707 g/mol. The molecule has 54 heavy (non-hydrogen) atoms. The molecule has 2 aliphatic heterocycles. The minimum absolute atomic E-state index is 0.0803. The summed E-state index contributed by atoms with van der Waals surface area (Å²) in [7, 11) is 1.34. The molecule has 1 aromatic heterocycles. The number of sulfone groups is 1. The van der Waals surface area contributed by atoms with E-state index < -0.39 is 21.4 Å². The summed E-state index contributed by atoms with van der Waals surface area (Å²) >= 11 is 0. The fourth-order valence-corrected chi connectivity index (χ4v) is 8.87. The van der Waals surface area contributed by atoms with Crippen LogP contribution in [0.1, 0.15) is 59.2 Å². The number of methoxy groups -OCH3 is 2. The van der Waals surface area contributed by atoms with Crippen LogP contribution in [0.4, 0.5) is 5.69 Å². The summed E-state index contributed by atoms with van der Waals surface area (Å²) in [4.78, 5) is 2.45. The van der Waals surface area contributed by atoms with E-state index in [2.05, 4.69) is 51.6 Å². The van der Waals surface area contributed by atoms with Crippen molar-refractivity contribution in [2.45, 2.75) is 68.1 Å². The summed E-state index contributed by atoms with van der Waals surface area (Å²) in [6.07, 6.45) is 3.48. The number of aromatic nitrogens is 3. The molecular formula is C41H55N5O7S. The van der Waals surface area contributed by atoms with Crippen molar-refractivity contribution >= 4 is 15.5 Å². The van der Waals surface area contributed by atoms with Gasteiger partial charge in [0, 0.05) is 65.3 Å². The van der Waals surface area contributed by atoms with Crippen LogP contribution < -0.4 is 15.0 Å². The molecule has 6 rings (SSSR count). The Morgan fingerprint density at radius 1 is 1.02 bits per heavy atom. The Morgan fingerprint density at radius 3 is 2.54 bits per heavy atom. The molecule has 2 aliphatic rings. The molecule has 0 amide bonds. The second kappa shape index (κ2) is 18.7. The van der Waals surface area contributed by atoms with E-state index in [1.807, 2.05) is 48.9 Å². The van der Waals surface area contributed by atoms with Crippen molar-refractivity contribution in [1.29, 1.82) is 0 Å². The molecule has 3 aromatic carbocycles. The van der Waals surface area contributed by atoms with Crippen LogP contribution in [0.25, 0.3) is 0 Å². The van der Waals surface area contributed by atoms with E-state index in [-0.39, 0.29) is 16.9 Å². The van der Waals surface area contributed by atoms with E-state index >= 15 is 0 Å². The number of benzene rings is 3. The Morgan fingerprint density at radius 2 is 1.81 bits per heavy atom. The molecule has 1 fully saturated rings. The Hall–Kier alpha value is -3.85. The standard InChI is InChI=1S/C41H55N5O7S/c1-29-7-14-35(15-8-29)54(47,48)41(33-13-16-38-37(21-33)46(18-20-52-38)17-6-19-49-4)53-39-24-42-34(23-40-44-43-28-45(40)3)22-36(39)32-11-9-31(10-12-32)27-51-26-30(2)25-50-5/h7-16,21,28,30,34,36,39,41-42H,6,17-20,22-27H2,1-5H3/t30-,34+,36+,39-,41?/m0/s1. The first-order chi connectivity index (χ1) is 26.2. The number of hydrogen-bond acceptors (Lipinski definition) is 11. The summed E-state index contributed by atoms with van der Waals surface area (Å²) in [6.45, 7) is 8.91. The number of ether oxygens (including phenoxy) is 5. The zero-order valence-electron chi connectivity index (χ0n) is 32.1. The molecule has 13 heteroatoms. The number of rotatable bonds is 18. The van der Waals surface area contributed by atoms with Crippen molar-refractivity contribution in [3.8, 4) is 5.75 Å². The molecule has 292 valence electrons. The average molecular weight is 762 g/mol. The van der Waals surface area contributed by atoms with Crippen LogP contribution >= 0.6 is 0 Å². The summed E-state index contributed by atoms with van der Waals surface area (Å²) < 4.78 is 60.9. The summed E-state index contributed by atoms with van der Waals surface area (Å²) in [5, 5.41) is 12.1. The van der Waals surface area contributed by atoms with E-state index in [1.165, 1.54) is 0 Å². The first-order valence-electron chi connectivity index (χ1n) is 18.8. The lowest BCUT2D eigenvalue weighted by atomic mass is 9.83. The van der Waals surface area contributed by atoms with E-state index in [1.54, 1.807) is 32.7 Å². The number of nitrogens with zero attached hydrogens (tertiary/aromatic N) is 4. The number of hydrogen-bond donors (Lipinski definition) is 1. The molecule has 0 spiro atoms. The van der Waals surface area contributed by atoms with E-state index in [0.29, 0.717) is 70.4 Å². The van der Waals surface area contributed by atoms with Crippen molar-refractivity contribution < 1.29 is 32.1 Å². The zero-order chi connectivity index (χ0) is 38.1. The van der Waals surface area contributed by atoms with Crippen molar-refractivity contribution in [3.05, 3.63) is 101 Å². The van der Waals surface area contributed by atoms with Gasteiger partial charge in [0.15, 0.2) is 5.44 Å². The molecule has 0 saturated carbocycles. The van der Waals surface area contributed by atoms with Gasteiger partial charge in [0.05, 0.1) is 43.1 Å². The number of piperidine rings is 1. The van der Waals surface area contributed by atoms with Crippen molar-refractivity contribution in [3.63, 3.8) is 0 Å². The highest BCUT2D eigenvalue weighted by molar-refractivity contribution is 7.91. The van der Waals surface area contributed by atoms with Gasteiger partial charge in [-0.25, -0.2) is 8.42 Å². The van der Waals surface area contributed by atoms with Crippen LogP contribution in [0, 0.1) is 12.8 Å². The lowest BCUT2D eigenvalue weighted by Gasteiger charge is -2.39. The Labute approximate surface area is 320 Å². The molecule has 1 saturated heterocycles. The van der Waals surface area contributed by atoms with Crippen LogP contribution in [0.2, 0.25) is 0 Å². The van der Waals surface area contributed by atoms with Gasteiger partial charge in [-0.3, -0.25) is 0 Å². The maximum absolute atomic E-state index is 14.7. The van der Waals surface area contributed by atoms with Gasteiger partial charge < -0.3 is 38.5 Å². The molecule has 12 nitrogen and oxygen atoms in total. The van der Waals surface area contributed by atoms with E-state index in [0.717, 1.165) is 46.9 Å². The van der Waals surface area contributed by atoms with Crippen LogP contribution in [-0.4, -0.2) is 95.6 Å². The van der Waals surface area contributed by atoms with Crippen LogP contribution in [0.15, 0.2) is 78.0 Å². The average Bonchev–Trinajstić information content (AvgIpc) is 3.58. The predicted molar refractivity (Wildman–Crippen MR) is 208 cm³/mol. The van der Waals surface area contributed by atoms with Crippen LogP contribution in [0.3, 0.4) is 0 Å². The largest absolute Gasteiger partial charge is 0.490 e. The summed E-state index contributed by atoms with van der Waals surface area (Å²) in [6, 6.07) is 21.1. The van der Waals surface area contributed by atoms with Crippen LogP contribution in [0.5, 0.6) is 5.75 Å². The minimum Gasteiger partial charge on any atom is -0.490 e. The summed E-state index contributed by atoms with van der Waals surface area (Å²) in [5.74, 6) is 1.81. The van der Waals surface area contributed by atoms with Gasteiger partial charge in [-0.1, -0.05) is 55.0 Å². The third kappa shape index (κ3) is 9.87. The Bertz CT molecular complexity index is 1890. The molecule has 0 bridgehead atoms. The fraction of sp³-hybridized carbons (Fsp3) is 0.512. The maximum atomic E-state index is 14.7. The summed E-state index contributed by atoms with van der Waals surface area (Å²) in [5.41, 5.74) is 3.28. The quantitative estimate of drug-likeness (QED) is 0.131. The van der Waals surface area contributed by atoms with Gasteiger partial charge in [0.2, 0.25) is 9.84 Å². The minimum atomic E-state index is -4.01. The molecule has 0 aliphatic carbocycles. The van der Waals surface area contributed by atoms with Gasteiger partial charge in [-0.15, -0.1) is 10.2 Å². The smallest absolute Gasteiger partial charge is 0.209 e. The topological polar surface area (TPSA) is 126 Å². The fourth-order valence-electron chi connectivity index (χ4n) is 7.31. The number of nitrogens with one attached hydrogen (secondary N) is 1. The molecule has 3 heterocycles. The monoisotopic (exact) mass is 761 g/mol. The SMILES string of the molecule is COCCCN1CCOc2ccc(C(O[C@H]3CN[C@@H](Cc4nncn4C)C[C@@H]3c3ccc(COC[C@@H](C)COC)cc3)S(=O)(=O)c3ccc(C)cc3)cc21. The highest BCUT2D eigenvalue weighted by atomic mass is 32.2. The van der Waals surface area contributed by atoms with Crippen LogP contribution in [-0.2, 0) is 48.9 Å². The third-order valence-electron chi connectivity index (χ3n) is 10.3. The highest BCUT2D eigenvalue weighted by Crippen LogP contribution is 2.41. The number of fused-ring (bicyclic) bond motifs is 1. The van der Waals surface area contributed by atoms with Gasteiger partial charge >= 0.3 is 0 Å². The maximum Gasteiger partial charge on any atom is 0.209 e. The Balaban J connectivity index is 1.32. The second-order valence-electron chi connectivity index (χ2n) is 14.6. The van der Waals surface area contributed by atoms with Gasteiger partial charge in [-0.2, -0.15) is 0 Å².